The summed E-state index contributed by atoms with van der Waals surface area (Å²) in [6.07, 6.45) is 3.65. The summed E-state index contributed by atoms with van der Waals surface area (Å²) in [6, 6.07) is 1.33. The molecule has 1 fully saturated rings. The van der Waals surface area contributed by atoms with E-state index in [1.54, 1.807) is 4.57 Å². The van der Waals surface area contributed by atoms with E-state index < -0.39 is 9.05 Å². The zero-order valence-electron chi connectivity index (χ0n) is 12.5. The van der Waals surface area contributed by atoms with Crippen molar-refractivity contribution in [1.82, 2.24) is 9.88 Å². The van der Waals surface area contributed by atoms with Gasteiger partial charge in [-0.2, -0.15) is 0 Å². The standard InChI is InChI=1S/C14H21ClN2O3S/c1-4-17-8-11(21(15,19)20)7-12(17)13(18)16-9-14(5-6-14)10(2)3/h7-8,10H,4-6,9H2,1-3H3,(H,16,18). The highest BCUT2D eigenvalue weighted by molar-refractivity contribution is 8.13. The molecule has 1 amide bonds. The molecular weight excluding hydrogens is 312 g/mol. The maximum absolute atomic E-state index is 12.3. The fraction of sp³-hybridized carbons (Fsp3) is 0.643. The van der Waals surface area contributed by atoms with Crippen LogP contribution in [0, 0.1) is 11.3 Å². The quantitative estimate of drug-likeness (QED) is 0.814. The van der Waals surface area contributed by atoms with E-state index in [9.17, 15) is 13.2 Å². The highest BCUT2D eigenvalue weighted by atomic mass is 35.7. The lowest BCUT2D eigenvalue weighted by molar-refractivity contribution is 0.0930. The van der Waals surface area contributed by atoms with Crippen LogP contribution in [0.1, 0.15) is 44.1 Å². The molecule has 118 valence electrons. The predicted octanol–water partition coefficient (Wildman–Crippen LogP) is 2.60. The van der Waals surface area contributed by atoms with E-state index in [2.05, 4.69) is 19.2 Å². The molecule has 0 saturated heterocycles. The van der Waals surface area contributed by atoms with Crippen LogP contribution in [0.5, 0.6) is 0 Å². The molecule has 2 rings (SSSR count). The topological polar surface area (TPSA) is 68.2 Å². The summed E-state index contributed by atoms with van der Waals surface area (Å²) in [7, 11) is 1.51. The van der Waals surface area contributed by atoms with Crippen LogP contribution in [0.4, 0.5) is 0 Å². The minimum absolute atomic E-state index is 0.0406. The predicted molar refractivity (Wildman–Crippen MR) is 82.0 cm³/mol. The molecule has 7 heteroatoms. The normalized spacial score (nSPS) is 17.0. The van der Waals surface area contributed by atoms with Gasteiger partial charge in [0.05, 0.1) is 0 Å². The van der Waals surface area contributed by atoms with Crippen LogP contribution in [0.25, 0.3) is 0 Å². The molecule has 0 aliphatic heterocycles. The van der Waals surface area contributed by atoms with Gasteiger partial charge in [-0.15, -0.1) is 0 Å². The highest BCUT2D eigenvalue weighted by Crippen LogP contribution is 2.51. The zero-order chi connectivity index (χ0) is 15.8. The molecule has 1 N–H and O–H groups in total. The SMILES string of the molecule is CCn1cc(S(=O)(=O)Cl)cc1C(=O)NCC1(C(C)C)CC1. The molecule has 21 heavy (non-hydrogen) atoms. The van der Waals surface area contributed by atoms with Gasteiger partial charge in [-0.3, -0.25) is 4.79 Å². The first kappa shape index (κ1) is 16.4. The Balaban J connectivity index is 2.14. The van der Waals surface area contributed by atoms with Gasteiger partial charge in [-0.1, -0.05) is 13.8 Å². The fourth-order valence-corrected chi connectivity index (χ4v) is 3.29. The minimum atomic E-state index is -3.82. The Hall–Kier alpha value is -1.01. The van der Waals surface area contributed by atoms with E-state index in [0.717, 1.165) is 12.8 Å². The molecule has 0 radical (unpaired) electrons. The van der Waals surface area contributed by atoms with E-state index in [-0.39, 0.29) is 16.2 Å². The number of aryl methyl sites for hydroxylation is 1. The monoisotopic (exact) mass is 332 g/mol. The smallest absolute Gasteiger partial charge is 0.267 e. The fourth-order valence-electron chi connectivity index (χ4n) is 2.53. The van der Waals surface area contributed by atoms with Crippen molar-refractivity contribution in [3.8, 4) is 0 Å². The Morgan fingerprint density at radius 2 is 2.10 bits per heavy atom. The molecule has 1 heterocycles. The van der Waals surface area contributed by atoms with Crippen molar-refractivity contribution >= 4 is 25.6 Å². The number of halogens is 1. The molecule has 5 nitrogen and oxygen atoms in total. The largest absolute Gasteiger partial charge is 0.350 e. The van der Waals surface area contributed by atoms with Gasteiger partial charge >= 0.3 is 0 Å². The van der Waals surface area contributed by atoms with Crippen molar-refractivity contribution in [2.45, 2.75) is 45.1 Å². The summed E-state index contributed by atoms with van der Waals surface area (Å²) in [6.45, 7) is 7.29. The van der Waals surface area contributed by atoms with Crippen molar-refractivity contribution in [3.05, 3.63) is 18.0 Å². The van der Waals surface area contributed by atoms with Crippen LogP contribution < -0.4 is 5.32 Å². The number of nitrogens with zero attached hydrogens (tertiary/aromatic N) is 1. The van der Waals surface area contributed by atoms with Gasteiger partial charge in [-0.25, -0.2) is 8.42 Å². The minimum Gasteiger partial charge on any atom is -0.350 e. The van der Waals surface area contributed by atoms with Crippen LogP contribution in [-0.4, -0.2) is 25.4 Å². The Labute approximate surface area is 130 Å². The Morgan fingerprint density at radius 1 is 1.48 bits per heavy atom. The first-order valence-electron chi connectivity index (χ1n) is 7.12. The Bertz CT molecular complexity index is 645. The lowest BCUT2D eigenvalue weighted by Crippen LogP contribution is -2.33. The average molecular weight is 333 g/mol. The molecule has 0 bridgehead atoms. The third kappa shape index (κ3) is 3.43. The second-order valence-corrected chi connectivity index (χ2v) is 8.55. The molecule has 1 saturated carbocycles. The van der Waals surface area contributed by atoms with Crippen molar-refractivity contribution in [3.63, 3.8) is 0 Å². The number of hydrogen-bond donors (Lipinski definition) is 1. The van der Waals surface area contributed by atoms with Crippen molar-refractivity contribution in [1.29, 1.82) is 0 Å². The summed E-state index contributed by atoms with van der Waals surface area (Å²) in [5.41, 5.74) is 0.539. The summed E-state index contributed by atoms with van der Waals surface area (Å²) >= 11 is 0. The summed E-state index contributed by atoms with van der Waals surface area (Å²) in [5.74, 6) is 0.268. The second-order valence-electron chi connectivity index (χ2n) is 5.98. The van der Waals surface area contributed by atoms with Crippen LogP contribution in [0.15, 0.2) is 17.2 Å². The molecule has 0 unspecified atom stereocenters. The van der Waals surface area contributed by atoms with Crippen LogP contribution in [0.2, 0.25) is 0 Å². The van der Waals surface area contributed by atoms with E-state index in [1.807, 2.05) is 6.92 Å². The van der Waals surface area contributed by atoms with Crippen LogP contribution in [0.3, 0.4) is 0 Å². The van der Waals surface area contributed by atoms with Gasteiger partial charge in [0, 0.05) is 30.0 Å². The van der Waals surface area contributed by atoms with Crippen LogP contribution >= 0.6 is 10.7 Å². The van der Waals surface area contributed by atoms with Gasteiger partial charge < -0.3 is 9.88 Å². The highest BCUT2D eigenvalue weighted by Gasteiger charge is 2.45. The maximum Gasteiger partial charge on any atom is 0.267 e. The lowest BCUT2D eigenvalue weighted by atomic mass is 9.92. The van der Waals surface area contributed by atoms with Crippen molar-refractivity contribution in [2.24, 2.45) is 11.3 Å². The number of carbonyl (C=O) groups is 1. The first-order valence-corrected chi connectivity index (χ1v) is 9.43. The van der Waals surface area contributed by atoms with Crippen LogP contribution in [-0.2, 0) is 15.6 Å². The number of amides is 1. The molecule has 1 aliphatic carbocycles. The molecule has 1 aliphatic rings. The molecular formula is C14H21ClN2O3S. The summed E-state index contributed by atoms with van der Waals surface area (Å²) in [4.78, 5) is 12.3. The number of nitrogens with one attached hydrogen (secondary N) is 1. The number of carbonyl (C=O) groups excluding carboxylic acids is 1. The molecule has 1 aromatic heterocycles. The third-order valence-electron chi connectivity index (χ3n) is 4.44. The maximum atomic E-state index is 12.3. The van der Waals surface area contributed by atoms with Crippen molar-refractivity contribution in [2.75, 3.05) is 6.54 Å². The Morgan fingerprint density at radius 3 is 2.52 bits per heavy atom. The van der Waals surface area contributed by atoms with E-state index in [0.29, 0.717) is 24.7 Å². The Kier molecular flexibility index (Phi) is 4.40. The van der Waals surface area contributed by atoms with E-state index >= 15 is 0 Å². The molecule has 0 atom stereocenters. The zero-order valence-corrected chi connectivity index (χ0v) is 14.1. The van der Waals surface area contributed by atoms with E-state index in [4.69, 9.17) is 10.7 Å². The summed E-state index contributed by atoms with van der Waals surface area (Å²) in [5, 5.41) is 2.92. The molecule has 0 spiro atoms. The number of rotatable bonds is 6. The molecule has 1 aromatic rings. The first-order chi connectivity index (χ1) is 9.69. The van der Waals surface area contributed by atoms with E-state index in [1.165, 1.54) is 12.3 Å². The number of aromatic nitrogens is 1. The number of hydrogen-bond acceptors (Lipinski definition) is 3. The van der Waals surface area contributed by atoms with Gasteiger partial charge in [0.2, 0.25) is 0 Å². The third-order valence-corrected chi connectivity index (χ3v) is 5.77. The van der Waals surface area contributed by atoms with Crippen molar-refractivity contribution < 1.29 is 13.2 Å². The van der Waals surface area contributed by atoms with Gasteiger partial charge in [0.25, 0.3) is 15.0 Å². The second kappa shape index (κ2) is 5.65. The summed E-state index contributed by atoms with van der Waals surface area (Å²) < 4.78 is 24.3. The van der Waals surface area contributed by atoms with Gasteiger partial charge in [0.1, 0.15) is 10.6 Å². The lowest BCUT2D eigenvalue weighted by Gasteiger charge is -2.20. The molecule has 0 aromatic carbocycles. The van der Waals surface area contributed by atoms with Gasteiger partial charge in [-0.05, 0) is 37.2 Å². The average Bonchev–Trinajstić information content (AvgIpc) is 3.05. The van der Waals surface area contributed by atoms with Gasteiger partial charge in [0.15, 0.2) is 0 Å².